The Kier molecular flexibility index (Phi) is 34.7. The van der Waals surface area contributed by atoms with Crippen LogP contribution in [0, 0.1) is 0 Å². The van der Waals surface area contributed by atoms with Crippen molar-refractivity contribution in [2.24, 2.45) is 0 Å². The smallest absolute Gasteiger partial charge is 0.0240 e. The van der Waals surface area contributed by atoms with Gasteiger partial charge in [0.25, 0.3) is 0 Å². The van der Waals surface area contributed by atoms with Crippen LogP contribution in [0.3, 0.4) is 0 Å². The van der Waals surface area contributed by atoms with E-state index >= 15 is 0 Å². The van der Waals surface area contributed by atoms with Crippen LogP contribution in [0.2, 0.25) is 0 Å². The third-order valence-corrected chi connectivity index (χ3v) is 22.4. The Labute approximate surface area is 396 Å². The molecule has 0 aromatic heterocycles. The average Bonchev–Trinajstić information content (AvgIpc) is 3.32. The van der Waals surface area contributed by atoms with Crippen molar-refractivity contribution in [2.75, 3.05) is 37.0 Å². The van der Waals surface area contributed by atoms with Crippen molar-refractivity contribution in [2.45, 2.75) is 231 Å². The zero-order chi connectivity index (χ0) is 43.8. The van der Waals surface area contributed by atoms with E-state index in [1.54, 1.807) is 15.9 Å². The van der Waals surface area contributed by atoms with E-state index in [0.717, 1.165) is 0 Å². The molecule has 0 bridgehead atoms. The fraction of sp³-hybridized carbons (Fsp3) is 0.700. The summed E-state index contributed by atoms with van der Waals surface area (Å²) in [5.41, 5.74) is 0. The fourth-order valence-corrected chi connectivity index (χ4v) is 17.8. The average molecular weight is 913 g/mol. The molecule has 1 aliphatic heterocycles. The zero-order valence-corrected chi connectivity index (χ0v) is 43.9. The quantitative estimate of drug-likeness (QED) is 0.230. The molecule has 1 heterocycles. The Morgan fingerprint density at radius 2 is 0.286 bits per heavy atom. The number of benzene rings is 3. The van der Waals surface area contributed by atoms with Gasteiger partial charge in [-0.15, -0.1) is 0 Å². The van der Waals surface area contributed by atoms with Crippen LogP contribution < -0.4 is 15.9 Å². The summed E-state index contributed by atoms with van der Waals surface area (Å²) in [5.74, 6) is 0. The molecule has 3 aromatic rings. The van der Waals surface area contributed by atoms with E-state index < -0.39 is 0 Å². The molecule has 0 saturated carbocycles. The van der Waals surface area contributed by atoms with Crippen molar-refractivity contribution in [3.05, 3.63) is 91.0 Å². The molecule has 1 fully saturated rings. The van der Waals surface area contributed by atoms with Crippen LogP contribution in [0.5, 0.6) is 0 Å². The van der Waals surface area contributed by atoms with Gasteiger partial charge in [0.2, 0.25) is 0 Å². The van der Waals surface area contributed by atoms with Gasteiger partial charge in [-0.1, -0.05) is 307 Å². The summed E-state index contributed by atoms with van der Waals surface area (Å²) >= 11 is 0. The first-order valence-electron chi connectivity index (χ1n) is 27.8. The lowest BCUT2D eigenvalue weighted by molar-refractivity contribution is 0.547. The van der Waals surface area contributed by atoms with E-state index in [2.05, 4.69) is 91.0 Å². The highest BCUT2D eigenvalue weighted by Gasteiger charge is 2.13. The maximum absolute atomic E-state index is 2.44. The van der Waals surface area contributed by atoms with Gasteiger partial charge in [0.05, 0.1) is 0 Å². The number of hydrogen-bond acceptors (Lipinski definition) is 0. The molecule has 3 aromatic carbocycles. The van der Waals surface area contributed by atoms with E-state index in [-0.39, 0.29) is 23.8 Å². The van der Waals surface area contributed by atoms with Gasteiger partial charge in [0.1, 0.15) is 0 Å². The van der Waals surface area contributed by atoms with Gasteiger partial charge < -0.3 is 0 Å². The Morgan fingerprint density at radius 3 is 0.429 bits per heavy atom. The minimum Gasteiger partial charge on any atom is -0.0753 e. The Hall–Kier alpha value is -1.05. The van der Waals surface area contributed by atoms with Crippen LogP contribution in [0.1, 0.15) is 231 Å². The predicted molar refractivity (Wildman–Crippen MR) is 294 cm³/mol. The lowest BCUT2D eigenvalue weighted by Gasteiger charge is -2.18. The van der Waals surface area contributed by atoms with Crippen molar-refractivity contribution in [1.82, 2.24) is 0 Å². The molecule has 0 aliphatic carbocycles. The summed E-state index contributed by atoms with van der Waals surface area (Å²) < 4.78 is 0. The fourth-order valence-electron chi connectivity index (χ4n) is 10.1. The van der Waals surface area contributed by atoms with Gasteiger partial charge in [0.15, 0.2) is 0 Å². The van der Waals surface area contributed by atoms with E-state index in [0.29, 0.717) is 0 Å². The predicted octanol–water partition coefficient (Wildman–Crippen LogP) is 19.5. The summed E-state index contributed by atoms with van der Waals surface area (Å²) in [6.07, 6.45) is 61.2. The second-order valence-corrected chi connectivity index (χ2v) is 27.2. The highest BCUT2D eigenvalue weighted by atomic mass is 31.1. The van der Waals surface area contributed by atoms with E-state index in [1.807, 2.05) is 0 Å². The minimum atomic E-state index is 0.0271. The topological polar surface area (TPSA) is 0 Å². The summed E-state index contributed by atoms with van der Waals surface area (Å²) in [5, 5.41) is 5.00. The van der Waals surface area contributed by atoms with Crippen molar-refractivity contribution < 1.29 is 0 Å². The first-order chi connectivity index (χ1) is 31.4. The molecule has 1 saturated heterocycles. The highest BCUT2D eigenvalue weighted by Crippen LogP contribution is 2.39. The summed E-state index contributed by atoms with van der Waals surface area (Å²) in [4.78, 5) is 0. The van der Waals surface area contributed by atoms with Gasteiger partial charge in [-0.25, -0.2) is 0 Å². The monoisotopic (exact) mass is 913 g/mol. The normalized spacial score (nSPS) is 23.9. The Morgan fingerprint density at radius 1 is 0.159 bits per heavy atom. The zero-order valence-electron chi connectivity index (χ0n) is 41.2. The van der Waals surface area contributed by atoms with Gasteiger partial charge in [-0.2, -0.15) is 0 Å². The highest BCUT2D eigenvalue weighted by molar-refractivity contribution is 7.66. The van der Waals surface area contributed by atoms with E-state index in [9.17, 15) is 0 Å². The molecule has 3 heteroatoms. The van der Waals surface area contributed by atoms with Crippen LogP contribution in [0.15, 0.2) is 91.0 Å². The van der Waals surface area contributed by atoms with Crippen molar-refractivity contribution in [1.29, 1.82) is 0 Å². The van der Waals surface area contributed by atoms with Gasteiger partial charge in [0, 0.05) is 0 Å². The SMILES string of the molecule is c1ccc(P2CCCCCCCCCCCCCCP(c3ccccc3)CCCCCCCCCCCCCCP(c3ccccc3)CCCCCCCCCCCCCC2)cc1. The van der Waals surface area contributed by atoms with Crippen molar-refractivity contribution in [3.63, 3.8) is 0 Å². The third-order valence-electron chi connectivity index (χ3n) is 14.2. The van der Waals surface area contributed by atoms with Crippen LogP contribution in [-0.4, -0.2) is 37.0 Å². The molecule has 354 valence electrons. The van der Waals surface area contributed by atoms with Gasteiger partial charge >= 0.3 is 0 Å². The lowest BCUT2D eigenvalue weighted by Crippen LogP contribution is -2.06. The van der Waals surface area contributed by atoms with Crippen LogP contribution in [-0.2, 0) is 0 Å². The van der Waals surface area contributed by atoms with Crippen molar-refractivity contribution in [3.8, 4) is 0 Å². The number of hydrogen-bond donors (Lipinski definition) is 0. The molecule has 0 radical (unpaired) electrons. The molecule has 0 unspecified atom stereocenters. The molecule has 0 atom stereocenters. The Balaban J connectivity index is 1.14. The summed E-state index contributed by atoms with van der Waals surface area (Å²) in [7, 11) is 0.0814. The van der Waals surface area contributed by atoms with Crippen LogP contribution in [0.25, 0.3) is 0 Å². The number of rotatable bonds is 3. The first-order valence-corrected chi connectivity index (χ1v) is 32.9. The largest absolute Gasteiger partial charge is 0.0753 e. The van der Waals surface area contributed by atoms with Crippen LogP contribution >= 0.6 is 23.8 Å². The molecule has 1 aliphatic rings. The molecule has 63 heavy (non-hydrogen) atoms. The molecule has 0 nitrogen and oxygen atoms in total. The third kappa shape index (κ3) is 28.7. The molecule has 0 amide bonds. The molecule has 0 spiro atoms. The first kappa shape index (κ1) is 54.6. The standard InChI is InChI=1S/C60H99P3/c1-2-8-14-20-26-41-53-62(59-48-36-32-37-49-59)55-43-28-22-16-10-5-6-12-18-24-30-45-57-63(60-50-38-33-39-51-60)56-44-29-23-17-11-4-3-9-15-21-27-42-54-61(52-40-25-19-13-7-1)58-46-34-31-35-47-58/h31-39,46-51H,1-30,40-45,52-57H2. The van der Waals surface area contributed by atoms with Gasteiger partial charge in [-0.05, 0) is 91.4 Å². The lowest BCUT2D eigenvalue weighted by atomic mass is 10.1. The van der Waals surface area contributed by atoms with Crippen molar-refractivity contribution >= 4 is 39.7 Å². The second kappa shape index (κ2) is 40.1. The van der Waals surface area contributed by atoms with Crippen LogP contribution in [0.4, 0.5) is 0 Å². The molecule has 4 rings (SSSR count). The minimum absolute atomic E-state index is 0.0271. The van der Waals surface area contributed by atoms with Gasteiger partial charge in [-0.3, -0.25) is 0 Å². The maximum atomic E-state index is 2.44. The molecular weight excluding hydrogens is 814 g/mol. The molecule has 0 N–H and O–H groups in total. The van der Waals surface area contributed by atoms with E-state index in [4.69, 9.17) is 0 Å². The summed E-state index contributed by atoms with van der Waals surface area (Å²) in [6, 6.07) is 34.9. The maximum Gasteiger partial charge on any atom is -0.0240 e. The Bertz CT molecular complexity index is 1160. The second-order valence-electron chi connectivity index (χ2n) is 19.7. The van der Waals surface area contributed by atoms with E-state index in [1.165, 1.54) is 268 Å². The summed E-state index contributed by atoms with van der Waals surface area (Å²) in [6.45, 7) is 0. The molecular formula is C60H99P3.